The van der Waals surface area contributed by atoms with Gasteiger partial charge in [-0.25, -0.2) is 21.5 Å². The zero-order valence-corrected chi connectivity index (χ0v) is 19.4. The third kappa shape index (κ3) is 7.43. The second kappa shape index (κ2) is 11.9. The summed E-state index contributed by atoms with van der Waals surface area (Å²) < 4.78 is 52.6. The van der Waals surface area contributed by atoms with Gasteiger partial charge in [0.2, 0.25) is 10.0 Å². The molecule has 0 radical (unpaired) electrons. The van der Waals surface area contributed by atoms with Crippen molar-refractivity contribution in [2.24, 2.45) is 4.99 Å². The zero-order valence-electron chi connectivity index (χ0n) is 16.2. The second-order valence-corrected chi connectivity index (χ2v) is 8.71. The van der Waals surface area contributed by atoms with Gasteiger partial charge < -0.3 is 10.6 Å². The van der Waals surface area contributed by atoms with E-state index in [1.54, 1.807) is 11.4 Å². The number of nitrogens with zero attached hydrogens (tertiary/aromatic N) is 2. The van der Waals surface area contributed by atoms with Crippen LogP contribution in [0.5, 0.6) is 0 Å². The van der Waals surface area contributed by atoms with Gasteiger partial charge in [-0.05, 0) is 49.4 Å². The SMILES string of the molecule is CCCS(=O)(=O)N1CCC(NC(=NC)NCCc2cc(F)ccc2F)CC1.I. The van der Waals surface area contributed by atoms with Gasteiger partial charge in [-0.2, -0.15) is 0 Å². The molecule has 0 bridgehead atoms. The van der Waals surface area contributed by atoms with Crippen LogP contribution in [0.3, 0.4) is 0 Å². The smallest absolute Gasteiger partial charge is 0.214 e. The molecule has 1 heterocycles. The molecule has 0 atom stereocenters. The van der Waals surface area contributed by atoms with E-state index in [9.17, 15) is 17.2 Å². The Morgan fingerprint density at radius 1 is 1.29 bits per heavy atom. The third-order valence-corrected chi connectivity index (χ3v) is 6.64. The Kier molecular flexibility index (Phi) is 10.6. The average molecular weight is 530 g/mol. The molecule has 1 aliphatic heterocycles. The van der Waals surface area contributed by atoms with Gasteiger partial charge in [0.15, 0.2) is 5.96 Å². The largest absolute Gasteiger partial charge is 0.356 e. The molecule has 1 fully saturated rings. The molecule has 1 aromatic rings. The van der Waals surface area contributed by atoms with Crippen LogP contribution in [0.15, 0.2) is 23.2 Å². The van der Waals surface area contributed by atoms with Crippen molar-refractivity contribution >= 4 is 40.0 Å². The molecule has 1 aromatic carbocycles. The predicted octanol–water partition coefficient (Wildman–Crippen LogP) is 2.49. The maximum atomic E-state index is 13.6. The molecular formula is C18H29F2IN4O2S. The highest BCUT2D eigenvalue weighted by Crippen LogP contribution is 2.15. The summed E-state index contributed by atoms with van der Waals surface area (Å²) in [5.41, 5.74) is 0.312. The van der Waals surface area contributed by atoms with E-state index in [2.05, 4.69) is 15.6 Å². The van der Waals surface area contributed by atoms with Gasteiger partial charge in [-0.1, -0.05) is 6.92 Å². The van der Waals surface area contributed by atoms with Crippen LogP contribution in [0, 0.1) is 11.6 Å². The molecule has 160 valence electrons. The summed E-state index contributed by atoms with van der Waals surface area (Å²) in [5, 5.41) is 6.36. The Morgan fingerprint density at radius 3 is 2.57 bits per heavy atom. The fourth-order valence-electron chi connectivity index (χ4n) is 3.10. The van der Waals surface area contributed by atoms with Crippen molar-refractivity contribution in [3.8, 4) is 0 Å². The molecule has 0 aliphatic carbocycles. The van der Waals surface area contributed by atoms with Crippen LogP contribution in [0.4, 0.5) is 8.78 Å². The second-order valence-electron chi connectivity index (χ2n) is 6.62. The van der Waals surface area contributed by atoms with Crippen molar-refractivity contribution in [1.29, 1.82) is 0 Å². The standard InChI is InChI=1S/C18H28F2N4O2S.HI/c1-3-12-27(25,26)24-10-7-16(8-11-24)23-18(21-2)22-9-6-14-13-15(19)4-5-17(14)20;/h4-5,13,16H,3,6-12H2,1-2H3,(H2,21,22,23);1H. The summed E-state index contributed by atoms with van der Waals surface area (Å²) in [6, 6.07) is 3.53. The molecule has 0 saturated carbocycles. The fourth-order valence-corrected chi connectivity index (χ4v) is 4.65. The summed E-state index contributed by atoms with van der Waals surface area (Å²) >= 11 is 0. The fraction of sp³-hybridized carbons (Fsp3) is 0.611. The van der Waals surface area contributed by atoms with Crippen molar-refractivity contribution in [3.63, 3.8) is 0 Å². The number of benzene rings is 1. The number of sulfonamides is 1. The van der Waals surface area contributed by atoms with E-state index in [0.717, 1.165) is 12.1 Å². The lowest BCUT2D eigenvalue weighted by Gasteiger charge is -2.32. The lowest BCUT2D eigenvalue weighted by atomic mass is 10.1. The van der Waals surface area contributed by atoms with Crippen LogP contribution >= 0.6 is 24.0 Å². The van der Waals surface area contributed by atoms with Gasteiger partial charge in [0, 0.05) is 32.7 Å². The minimum absolute atomic E-state index is 0. The van der Waals surface area contributed by atoms with Crippen molar-refractivity contribution in [1.82, 2.24) is 14.9 Å². The Hall–Kier alpha value is -1.01. The van der Waals surface area contributed by atoms with Crippen LogP contribution < -0.4 is 10.6 Å². The Bertz CT molecular complexity index is 754. The topological polar surface area (TPSA) is 73.8 Å². The van der Waals surface area contributed by atoms with Crippen molar-refractivity contribution in [2.75, 3.05) is 32.4 Å². The number of hydrogen-bond acceptors (Lipinski definition) is 3. The minimum Gasteiger partial charge on any atom is -0.356 e. The molecule has 0 spiro atoms. The number of nitrogens with one attached hydrogen (secondary N) is 2. The highest BCUT2D eigenvalue weighted by atomic mass is 127. The first-order chi connectivity index (χ1) is 12.9. The van der Waals surface area contributed by atoms with E-state index in [-0.39, 0.29) is 35.8 Å². The zero-order chi connectivity index (χ0) is 19.9. The number of piperidine rings is 1. The maximum absolute atomic E-state index is 13.6. The third-order valence-electron chi connectivity index (χ3n) is 4.57. The summed E-state index contributed by atoms with van der Waals surface area (Å²) in [6.07, 6.45) is 2.34. The van der Waals surface area contributed by atoms with Gasteiger partial charge in [0.1, 0.15) is 11.6 Å². The minimum atomic E-state index is -3.15. The number of rotatable bonds is 7. The van der Waals surface area contributed by atoms with E-state index in [4.69, 9.17) is 0 Å². The van der Waals surface area contributed by atoms with Gasteiger partial charge in [0.25, 0.3) is 0 Å². The van der Waals surface area contributed by atoms with E-state index in [1.165, 1.54) is 6.07 Å². The number of hydrogen-bond donors (Lipinski definition) is 2. The number of guanidine groups is 1. The number of aliphatic imine (C=N–C) groups is 1. The van der Waals surface area contributed by atoms with Gasteiger partial charge in [-0.15, -0.1) is 24.0 Å². The normalized spacial score (nSPS) is 16.5. The van der Waals surface area contributed by atoms with Crippen molar-refractivity contribution < 1.29 is 17.2 Å². The van der Waals surface area contributed by atoms with Crippen LogP contribution in [0.1, 0.15) is 31.7 Å². The van der Waals surface area contributed by atoms with E-state index < -0.39 is 21.7 Å². The Labute approximate surface area is 183 Å². The van der Waals surface area contributed by atoms with Crippen molar-refractivity contribution in [2.45, 2.75) is 38.6 Å². The van der Waals surface area contributed by atoms with Crippen LogP contribution in [0.25, 0.3) is 0 Å². The van der Waals surface area contributed by atoms with Crippen molar-refractivity contribution in [3.05, 3.63) is 35.4 Å². The molecule has 28 heavy (non-hydrogen) atoms. The summed E-state index contributed by atoms with van der Waals surface area (Å²) in [5.74, 6) is -0.132. The lowest BCUT2D eigenvalue weighted by molar-refractivity contribution is 0.306. The van der Waals surface area contributed by atoms with Gasteiger partial charge >= 0.3 is 0 Å². The molecule has 0 unspecified atom stereocenters. The molecule has 1 saturated heterocycles. The highest BCUT2D eigenvalue weighted by molar-refractivity contribution is 14.0. The van der Waals surface area contributed by atoms with Gasteiger partial charge in [0.05, 0.1) is 5.75 Å². The average Bonchev–Trinajstić information content (AvgIpc) is 2.64. The molecule has 10 heteroatoms. The molecule has 2 N–H and O–H groups in total. The van der Waals surface area contributed by atoms with Crippen LogP contribution in [-0.2, 0) is 16.4 Å². The summed E-state index contributed by atoms with van der Waals surface area (Å²) in [4.78, 5) is 4.15. The van der Waals surface area contributed by atoms with Crippen LogP contribution in [0.2, 0.25) is 0 Å². The summed E-state index contributed by atoms with van der Waals surface area (Å²) in [6.45, 7) is 3.25. The lowest BCUT2D eigenvalue weighted by Crippen LogP contribution is -2.50. The predicted molar refractivity (Wildman–Crippen MR) is 119 cm³/mol. The van der Waals surface area contributed by atoms with E-state index >= 15 is 0 Å². The molecular weight excluding hydrogens is 501 g/mol. The Morgan fingerprint density at radius 2 is 1.96 bits per heavy atom. The quantitative estimate of drug-likeness (QED) is 0.323. The first kappa shape index (κ1) is 25.0. The molecule has 0 aromatic heterocycles. The molecule has 1 aliphatic rings. The highest BCUT2D eigenvalue weighted by Gasteiger charge is 2.27. The molecule has 2 rings (SSSR count). The van der Waals surface area contributed by atoms with Gasteiger partial charge in [-0.3, -0.25) is 4.99 Å². The first-order valence-electron chi connectivity index (χ1n) is 9.24. The molecule has 0 amide bonds. The first-order valence-corrected chi connectivity index (χ1v) is 10.9. The van der Waals surface area contributed by atoms with Crippen LogP contribution in [-0.4, -0.2) is 57.2 Å². The summed E-state index contributed by atoms with van der Waals surface area (Å²) in [7, 11) is -1.51. The van der Waals surface area contributed by atoms with E-state index in [1.807, 2.05) is 6.92 Å². The number of halogens is 3. The monoisotopic (exact) mass is 530 g/mol. The Balaban J connectivity index is 0.00000392. The maximum Gasteiger partial charge on any atom is 0.214 e. The molecule has 6 nitrogen and oxygen atoms in total. The van der Waals surface area contributed by atoms with E-state index in [0.29, 0.717) is 56.8 Å².